The van der Waals surface area contributed by atoms with E-state index in [4.69, 9.17) is 0 Å². The van der Waals surface area contributed by atoms with Crippen LogP contribution in [0, 0.1) is 0 Å². The van der Waals surface area contributed by atoms with Crippen LogP contribution in [0.15, 0.2) is 0 Å². The van der Waals surface area contributed by atoms with Crippen molar-refractivity contribution in [1.82, 2.24) is 0 Å². The third kappa shape index (κ3) is 4350. The summed E-state index contributed by atoms with van der Waals surface area (Å²) in [5.41, 5.74) is 0. The Labute approximate surface area is 135 Å². The van der Waals surface area contributed by atoms with E-state index in [9.17, 15) is 8.42 Å². The molecule has 0 radical (unpaired) electrons. The Morgan fingerprint density at radius 1 is 0.667 bits per heavy atom. The summed E-state index contributed by atoms with van der Waals surface area (Å²) in [6, 6.07) is 0. The van der Waals surface area contributed by atoms with Gasteiger partial charge >= 0.3 is 0 Å². The van der Waals surface area contributed by atoms with Crippen LogP contribution in [0.3, 0.4) is 0 Å². The first-order valence-corrected chi connectivity index (χ1v) is 9.69. The van der Waals surface area contributed by atoms with E-state index < -0.39 is 9.84 Å². The summed E-state index contributed by atoms with van der Waals surface area (Å²) in [5.74, 6) is 0. The van der Waals surface area contributed by atoms with E-state index in [1.807, 2.05) is 25.0 Å². The largest absolute Gasteiger partial charge is 0.229 e. The van der Waals surface area contributed by atoms with Crippen molar-refractivity contribution in [3.8, 4) is 0 Å². The fraction of sp³-hybridized carbons (Fsp3) is 1.00. The molecule has 0 heterocycles. The van der Waals surface area contributed by atoms with Gasteiger partial charge in [0.2, 0.25) is 0 Å². The molecule has 0 unspecified atom stereocenters. The number of rotatable bonds is 0. The topological polar surface area (TPSA) is 34.1 Å². The van der Waals surface area contributed by atoms with Gasteiger partial charge < -0.3 is 0 Å². The zero-order valence-corrected chi connectivity index (χ0v) is 12.8. The number of thioether (sulfide) groups is 2. The maximum Gasteiger partial charge on any atom is 0.144 e. The lowest BCUT2D eigenvalue weighted by atomic mass is 11.9. The van der Waals surface area contributed by atoms with Crippen LogP contribution in [-0.2, 0) is 9.84 Å². The maximum atomic E-state index is 9.63. The van der Waals surface area contributed by atoms with Crippen LogP contribution in [-0.4, -0.2) is 52.2 Å². The van der Waals surface area contributed by atoms with Gasteiger partial charge in [0.1, 0.15) is 9.84 Å². The molecule has 0 aromatic carbocycles. The van der Waals surface area contributed by atoms with E-state index in [1.165, 1.54) is 0 Å². The predicted molar refractivity (Wildman–Crippen MR) is 108 cm³/mol. The minimum Gasteiger partial charge on any atom is -0.229 e. The molecule has 0 atom stereocenters. The Kier molecular flexibility index (Phi) is 220. The van der Waals surface area contributed by atoms with Crippen molar-refractivity contribution in [3.05, 3.63) is 0 Å². The summed E-state index contributed by atoms with van der Waals surface area (Å²) in [6.07, 6.45) is 12.2. The van der Waals surface area contributed by atoms with Gasteiger partial charge in [0, 0.05) is 12.5 Å². The minimum atomic E-state index is -2.67. The summed E-state index contributed by atoms with van der Waals surface area (Å²) < 4.78 is 19.3. The van der Waals surface area contributed by atoms with E-state index in [1.54, 1.807) is 29.8 Å². The van der Waals surface area contributed by atoms with E-state index >= 15 is 0 Å². The summed E-state index contributed by atoms with van der Waals surface area (Å²) in [4.78, 5) is 0. The first-order valence-electron chi connectivity index (χ1n) is 3.23. The third-order valence-corrected chi connectivity index (χ3v) is 0. The molecule has 0 amide bonds. The molecule has 0 aromatic heterocycles. The molecule has 0 rings (SSSR count). The highest BCUT2D eigenvalue weighted by atomic mass is 32.2. The van der Waals surface area contributed by atoms with Crippen LogP contribution >= 0.6 is 36.2 Å². The Morgan fingerprint density at radius 2 is 0.667 bits per heavy atom. The fourth-order valence-electron chi connectivity index (χ4n) is 0. The van der Waals surface area contributed by atoms with E-state index in [-0.39, 0.29) is 37.1 Å². The van der Waals surface area contributed by atoms with Crippen molar-refractivity contribution in [1.29, 1.82) is 0 Å². The molecule has 0 aliphatic heterocycles. The molecule has 0 aromatic rings. The van der Waals surface area contributed by atoms with Gasteiger partial charge in [-0.05, 0) is 31.3 Å². The zero-order valence-electron chi connectivity index (χ0n) is 9.49. The number of sulfone groups is 1. The van der Waals surface area contributed by atoms with Crippen LogP contribution < -0.4 is 0 Å². The highest BCUT2D eigenvalue weighted by molar-refractivity contribution is 7.98. The highest BCUT2D eigenvalue weighted by Crippen LogP contribution is 1.70. The van der Waals surface area contributed by atoms with Crippen molar-refractivity contribution >= 4 is 46.0 Å². The van der Waals surface area contributed by atoms with Gasteiger partial charge in [-0.2, -0.15) is 36.2 Å². The molecule has 0 saturated carbocycles. The molecule has 18 heavy (non-hydrogen) atoms. The molecular weight excluding hydrogens is 304 g/mol. The molecule has 0 aliphatic rings. The van der Waals surface area contributed by atoms with Crippen molar-refractivity contribution in [2.75, 3.05) is 43.8 Å². The summed E-state index contributed by atoms with van der Waals surface area (Å²) in [6.45, 7) is 0. The lowest BCUT2D eigenvalue weighted by Crippen LogP contribution is -1.86. The van der Waals surface area contributed by atoms with Crippen molar-refractivity contribution in [3.63, 3.8) is 0 Å². The molecule has 126 valence electrons. The minimum absolute atomic E-state index is 0. The molecule has 0 N–H and O–H groups in total. The smallest absolute Gasteiger partial charge is 0.144 e. The molecule has 2 nitrogen and oxygen atoms in total. The van der Waals surface area contributed by atoms with Crippen molar-refractivity contribution in [2.24, 2.45) is 0 Å². The van der Waals surface area contributed by atoms with Gasteiger partial charge in [0.25, 0.3) is 0 Å². The normalized spacial score (nSPS) is 5.56. The monoisotopic (exact) mass is 346 g/mol. The lowest BCUT2D eigenvalue weighted by Gasteiger charge is -1.69. The molecule has 0 spiro atoms. The van der Waals surface area contributed by atoms with Gasteiger partial charge in [-0.25, -0.2) is 8.42 Å². The highest BCUT2D eigenvalue weighted by Gasteiger charge is 1.79. The van der Waals surface area contributed by atoms with Crippen LogP contribution in [0.5, 0.6) is 0 Å². The van der Waals surface area contributed by atoms with Crippen LogP contribution in [0.1, 0.15) is 37.1 Å². The average molecular weight is 347 g/mol. The second kappa shape index (κ2) is 64.2. The first-order chi connectivity index (χ1) is 5.83. The Hall–Kier alpha value is 1.000. The second-order valence-corrected chi connectivity index (χ2v) is 5.88. The molecule has 0 fully saturated rings. The fourth-order valence-corrected chi connectivity index (χ4v) is 0. The number of thiol groups is 1. The summed E-state index contributed by atoms with van der Waals surface area (Å²) in [5, 5.41) is 0. The average Bonchev–Trinajstić information content (AvgIpc) is 1.90. The van der Waals surface area contributed by atoms with Gasteiger partial charge in [-0.3, -0.25) is 0 Å². The van der Waals surface area contributed by atoms with Crippen molar-refractivity contribution < 1.29 is 8.42 Å². The Bertz CT molecular complexity index is 125. The first kappa shape index (κ1) is 61.6. The van der Waals surface area contributed by atoms with Gasteiger partial charge in [-0.1, -0.05) is 37.1 Å². The molecular formula is C12H42O2S4. The molecule has 0 saturated heterocycles. The second-order valence-electron chi connectivity index (χ2n) is 1.96. The van der Waals surface area contributed by atoms with Crippen LogP contribution in [0.2, 0.25) is 0 Å². The van der Waals surface area contributed by atoms with E-state index in [0.717, 1.165) is 12.5 Å². The maximum absolute atomic E-state index is 9.63. The summed E-state index contributed by atoms with van der Waals surface area (Å²) in [7, 11) is -2.67. The van der Waals surface area contributed by atoms with Gasteiger partial charge in [0.05, 0.1) is 0 Å². The number of hydrogen-bond donors (Lipinski definition) is 1. The molecule has 0 aliphatic carbocycles. The van der Waals surface area contributed by atoms with Crippen molar-refractivity contribution in [2.45, 2.75) is 37.1 Å². The SMILES string of the molecule is C.C.C.C.C.CS.CS(C)(=O)=O.CSC.CSC. The standard InChI is InChI=1S/C2H6O2S.2C2H6S.CH4S.5CH4/c1-5(2,3)4;2*1-3-2;1-2;;;;;/h1-2H3;2*1-2H3;2H,1H3;5*1H4. The summed E-state index contributed by atoms with van der Waals surface area (Å²) >= 11 is 7.03. The quantitative estimate of drug-likeness (QED) is 0.600. The molecule has 6 heteroatoms. The lowest BCUT2D eigenvalue weighted by molar-refractivity contribution is 0.607. The van der Waals surface area contributed by atoms with Gasteiger partial charge in [-0.15, -0.1) is 0 Å². The van der Waals surface area contributed by atoms with Gasteiger partial charge in [0.15, 0.2) is 0 Å². The predicted octanol–water partition coefficient (Wildman–Crippen LogP) is 5.35. The third-order valence-electron chi connectivity index (χ3n) is 0. The number of hydrogen-bond acceptors (Lipinski definition) is 5. The van der Waals surface area contributed by atoms with Crippen LogP contribution in [0.25, 0.3) is 0 Å². The Morgan fingerprint density at radius 3 is 0.667 bits per heavy atom. The van der Waals surface area contributed by atoms with Crippen LogP contribution in [0.4, 0.5) is 0 Å². The Balaban J connectivity index is -0.00000000819. The van der Waals surface area contributed by atoms with E-state index in [0.29, 0.717) is 0 Å². The van der Waals surface area contributed by atoms with E-state index in [2.05, 4.69) is 12.6 Å². The zero-order chi connectivity index (χ0) is 11.9. The molecule has 0 bridgehead atoms.